The number of nitrogens with one attached hydrogen (secondary N) is 5. The number of nitrogens with zero attached hydrogens (tertiary/aromatic N) is 2. The number of amides is 5. The first-order chi connectivity index (χ1) is 21.2. The molecule has 5 amide bonds. The molecule has 6 N–H and O–H groups in total. The Morgan fingerprint density at radius 2 is 1.61 bits per heavy atom. The molecule has 0 bridgehead atoms. The topological polar surface area (TPSA) is 169 Å². The molecule has 2 saturated heterocycles. The van der Waals surface area contributed by atoms with Crippen LogP contribution in [0, 0.1) is 5.92 Å². The second-order valence-corrected chi connectivity index (χ2v) is 11.6. The Labute approximate surface area is 280 Å². The highest BCUT2D eigenvalue weighted by atomic mass is 35.5. The SMILES string of the molecule is CC(C)[C@H](NC(=O)O)C(=O)N1CCC[C@H]1c1ncc(-c2ccc(-c3ccc(CNC(=O)NC(=O)C4CCCN4)cc3)cc2)[nH]1.Cl.Cl. The highest BCUT2D eigenvalue weighted by Crippen LogP contribution is 2.33. The Bertz CT molecular complexity index is 1490. The molecule has 2 aromatic carbocycles. The van der Waals surface area contributed by atoms with E-state index in [-0.39, 0.29) is 54.6 Å². The minimum absolute atomic E-state index is 0. The normalized spacial score (nSPS) is 17.8. The van der Waals surface area contributed by atoms with Gasteiger partial charge in [0.1, 0.15) is 11.9 Å². The van der Waals surface area contributed by atoms with Gasteiger partial charge in [-0.1, -0.05) is 62.4 Å². The second kappa shape index (κ2) is 16.4. The second-order valence-electron chi connectivity index (χ2n) is 11.6. The lowest BCUT2D eigenvalue weighted by molar-refractivity contribution is -0.135. The van der Waals surface area contributed by atoms with Crippen LogP contribution >= 0.6 is 24.8 Å². The van der Waals surface area contributed by atoms with Gasteiger partial charge < -0.3 is 30.9 Å². The number of rotatable bonds is 9. The molecule has 2 aliphatic rings. The van der Waals surface area contributed by atoms with Crippen molar-refractivity contribution in [2.75, 3.05) is 13.1 Å². The van der Waals surface area contributed by atoms with Crippen LogP contribution < -0.4 is 21.3 Å². The first-order valence-corrected chi connectivity index (χ1v) is 15.1. The first kappa shape index (κ1) is 36.3. The van der Waals surface area contributed by atoms with Gasteiger partial charge in [-0.2, -0.15) is 0 Å². The fourth-order valence-electron chi connectivity index (χ4n) is 5.78. The number of imidazole rings is 1. The van der Waals surface area contributed by atoms with Crippen molar-refractivity contribution < 1.29 is 24.3 Å². The van der Waals surface area contributed by atoms with Gasteiger partial charge in [-0.3, -0.25) is 14.9 Å². The minimum Gasteiger partial charge on any atom is -0.465 e. The molecule has 0 saturated carbocycles. The summed E-state index contributed by atoms with van der Waals surface area (Å²) in [5.41, 5.74) is 4.74. The van der Waals surface area contributed by atoms with E-state index in [2.05, 4.69) is 31.2 Å². The Morgan fingerprint density at radius 3 is 2.22 bits per heavy atom. The highest BCUT2D eigenvalue weighted by Gasteiger charge is 2.37. The van der Waals surface area contributed by atoms with Crippen molar-refractivity contribution in [3.05, 3.63) is 66.1 Å². The minimum atomic E-state index is -1.21. The Morgan fingerprint density at radius 1 is 0.957 bits per heavy atom. The molecule has 0 aliphatic carbocycles. The third-order valence-electron chi connectivity index (χ3n) is 8.21. The van der Waals surface area contributed by atoms with Gasteiger partial charge in [-0.15, -0.1) is 24.8 Å². The largest absolute Gasteiger partial charge is 0.465 e. The molecule has 248 valence electrons. The lowest BCUT2D eigenvalue weighted by atomic mass is 10.0. The zero-order chi connectivity index (χ0) is 31.2. The van der Waals surface area contributed by atoms with Crippen molar-refractivity contribution in [1.82, 2.24) is 36.1 Å². The summed E-state index contributed by atoms with van der Waals surface area (Å²) in [5.74, 6) is -0.0266. The lowest BCUT2D eigenvalue weighted by Gasteiger charge is -2.29. The van der Waals surface area contributed by atoms with Gasteiger partial charge in [0, 0.05) is 13.1 Å². The van der Waals surface area contributed by atoms with Gasteiger partial charge in [0.15, 0.2) is 0 Å². The van der Waals surface area contributed by atoms with E-state index in [1.165, 1.54) is 0 Å². The number of carboxylic acid groups (broad SMARTS) is 1. The summed E-state index contributed by atoms with van der Waals surface area (Å²) >= 11 is 0. The predicted molar refractivity (Wildman–Crippen MR) is 179 cm³/mol. The van der Waals surface area contributed by atoms with Crippen LogP contribution in [-0.2, 0) is 16.1 Å². The highest BCUT2D eigenvalue weighted by molar-refractivity contribution is 5.97. The Hall–Kier alpha value is -4.13. The number of imide groups is 1. The average molecular weight is 675 g/mol. The zero-order valence-electron chi connectivity index (χ0n) is 25.7. The van der Waals surface area contributed by atoms with Crippen molar-refractivity contribution in [3.8, 4) is 22.4 Å². The fraction of sp³-hybridized carbons (Fsp3) is 0.406. The summed E-state index contributed by atoms with van der Waals surface area (Å²) in [6, 6.07) is 14.1. The monoisotopic (exact) mass is 673 g/mol. The molecule has 3 aromatic rings. The molecule has 2 aliphatic heterocycles. The molecule has 0 radical (unpaired) electrons. The number of benzene rings is 2. The third kappa shape index (κ3) is 8.77. The van der Waals surface area contributed by atoms with Gasteiger partial charge in [-0.25, -0.2) is 14.6 Å². The molecule has 12 nitrogen and oxygen atoms in total. The van der Waals surface area contributed by atoms with Crippen molar-refractivity contribution in [1.29, 1.82) is 0 Å². The smallest absolute Gasteiger partial charge is 0.405 e. The van der Waals surface area contributed by atoms with Crippen molar-refractivity contribution in [2.24, 2.45) is 5.92 Å². The number of carbonyl (C=O) groups excluding carboxylic acids is 3. The van der Waals surface area contributed by atoms with Gasteiger partial charge in [0.25, 0.3) is 0 Å². The number of aromatic amines is 1. The standard InChI is InChI=1S/C32H39N7O5.2ClH/c1-19(2)27(37-32(43)44)30(41)39-16-4-6-26(39)28-34-18-25(36-28)23-13-11-22(12-14-23)21-9-7-20(8-10-21)17-35-31(42)38-29(40)24-5-3-15-33-24;;/h7-14,18-19,24,26-27,33,37H,3-6,15-17H2,1-2H3,(H,34,36)(H,43,44)(H2,35,38,40,42);2*1H/t24?,26-,27-;;/m0../s1. The molecule has 3 heterocycles. The van der Waals surface area contributed by atoms with E-state index in [0.717, 1.165) is 60.2 Å². The van der Waals surface area contributed by atoms with Gasteiger partial charge >= 0.3 is 12.1 Å². The number of H-pyrrole nitrogens is 1. The molecule has 0 spiro atoms. The van der Waals surface area contributed by atoms with Crippen LogP contribution in [0.4, 0.5) is 9.59 Å². The Kier molecular flexibility index (Phi) is 13.0. The molecular formula is C32H41Cl2N7O5. The number of hydrogen-bond acceptors (Lipinski definition) is 6. The molecule has 3 atom stereocenters. The van der Waals surface area contributed by atoms with Crippen LogP contribution in [0.25, 0.3) is 22.4 Å². The predicted octanol–water partition coefficient (Wildman–Crippen LogP) is 4.62. The number of likely N-dealkylation sites (tertiary alicyclic amines) is 1. The third-order valence-corrected chi connectivity index (χ3v) is 8.21. The summed E-state index contributed by atoms with van der Waals surface area (Å²) in [7, 11) is 0. The van der Waals surface area contributed by atoms with E-state index in [4.69, 9.17) is 0 Å². The van der Waals surface area contributed by atoms with Crippen molar-refractivity contribution in [3.63, 3.8) is 0 Å². The number of halogens is 2. The maximum atomic E-state index is 13.2. The number of aromatic nitrogens is 2. The number of hydrogen-bond donors (Lipinski definition) is 6. The van der Waals surface area contributed by atoms with E-state index < -0.39 is 18.2 Å². The summed E-state index contributed by atoms with van der Waals surface area (Å²) in [6.45, 7) is 5.30. The maximum absolute atomic E-state index is 13.2. The van der Waals surface area contributed by atoms with Crippen LogP contribution in [0.3, 0.4) is 0 Å². The maximum Gasteiger partial charge on any atom is 0.405 e. The van der Waals surface area contributed by atoms with Gasteiger partial charge in [-0.05, 0) is 60.4 Å². The van der Waals surface area contributed by atoms with Crippen LogP contribution in [0.15, 0.2) is 54.7 Å². The van der Waals surface area contributed by atoms with Crippen LogP contribution in [0.5, 0.6) is 0 Å². The lowest BCUT2D eigenvalue weighted by Crippen LogP contribution is -2.50. The average Bonchev–Trinajstić information content (AvgIpc) is 3.81. The quantitative estimate of drug-likeness (QED) is 0.193. The van der Waals surface area contributed by atoms with E-state index in [0.29, 0.717) is 18.9 Å². The molecule has 14 heteroatoms. The van der Waals surface area contributed by atoms with Gasteiger partial charge in [0.05, 0.1) is 24.0 Å². The zero-order valence-corrected chi connectivity index (χ0v) is 27.4. The molecular weight excluding hydrogens is 633 g/mol. The van der Waals surface area contributed by atoms with Crippen LogP contribution in [0.1, 0.15) is 57.0 Å². The van der Waals surface area contributed by atoms with Gasteiger partial charge in [0.2, 0.25) is 11.8 Å². The van der Waals surface area contributed by atoms with Crippen LogP contribution in [0.2, 0.25) is 0 Å². The first-order valence-electron chi connectivity index (χ1n) is 15.1. The molecule has 1 aromatic heterocycles. The fourth-order valence-corrected chi connectivity index (χ4v) is 5.78. The number of urea groups is 1. The van der Waals surface area contributed by atoms with Crippen molar-refractivity contribution >= 4 is 48.8 Å². The summed E-state index contributed by atoms with van der Waals surface area (Å²) in [5, 5.41) is 19.8. The summed E-state index contributed by atoms with van der Waals surface area (Å²) in [4.78, 5) is 58.4. The van der Waals surface area contributed by atoms with E-state index >= 15 is 0 Å². The van der Waals surface area contributed by atoms with E-state index in [1.807, 2.05) is 62.4 Å². The molecule has 5 rings (SSSR count). The summed E-state index contributed by atoms with van der Waals surface area (Å²) in [6.07, 6.45) is 3.78. The van der Waals surface area contributed by atoms with E-state index in [9.17, 15) is 24.3 Å². The molecule has 1 unspecified atom stereocenters. The Balaban J connectivity index is 0.00000288. The molecule has 46 heavy (non-hydrogen) atoms. The molecule has 2 fully saturated rings. The van der Waals surface area contributed by atoms with E-state index in [1.54, 1.807) is 11.1 Å². The van der Waals surface area contributed by atoms with Crippen LogP contribution in [-0.4, -0.2) is 69.1 Å². The number of carbonyl (C=O) groups is 4. The van der Waals surface area contributed by atoms with Crippen molar-refractivity contribution in [2.45, 2.75) is 64.2 Å². The summed E-state index contributed by atoms with van der Waals surface area (Å²) < 4.78 is 0.